The number of rotatable bonds is 5. The molecule has 0 aliphatic rings. The van der Waals surface area contributed by atoms with Crippen molar-refractivity contribution in [2.24, 2.45) is 0 Å². The molecule has 0 aromatic heterocycles. The summed E-state index contributed by atoms with van der Waals surface area (Å²) in [6.45, 7) is 2.60. The molecule has 1 aromatic carbocycles. The van der Waals surface area contributed by atoms with Gasteiger partial charge in [-0.3, -0.25) is 4.79 Å². The van der Waals surface area contributed by atoms with Crippen LogP contribution in [0.5, 0.6) is 0 Å². The largest absolute Gasteiger partial charge is 0.376 e. The van der Waals surface area contributed by atoms with Gasteiger partial charge in [0.25, 0.3) is 0 Å². The van der Waals surface area contributed by atoms with E-state index >= 15 is 0 Å². The van der Waals surface area contributed by atoms with Crippen molar-refractivity contribution in [2.45, 2.75) is 13.3 Å². The second-order valence-electron chi connectivity index (χ2n) is 3.58. The smallest absolute Gasteiger partial charge is 0.239 e. The van der Waals surface area contributed by atoms with Crippen molar-refractivity contribution in [1.82, 2.24) is 5.32 Å². The van der Waals surface area contributed by atoms with E-state index in [2.05, 4.69) is 26.6 Å². The van der Waals surface area contributed by atoms with Crippen LogP contribution in [0.4, 0.5) is 5.69 Å². The summed E-state index contributed by atoms with van der Waals surface area (Å²) in [4.78, 5) is 11.4. The molecule has 1 amide bonds. The molecule has 0 atom stereocenters. The number of carbonyl (C=O) groups excluding carboxylic acids is 1. The van der Waals surface area contributed by atoms with Crippen LogP contribution in [0.15, 0.2) is 22.7 Å². The molecule has 0 unspecified atom stereocenters. The Bertz CT molecular complexity index is 440. The first-order chi connectivity index (χ1) is 8.13. The van der Waals surface area contributed by atoms with Crippen molar-refractivity contribution in [2.75, 3.05) is 18.4 Å². The third-order valence-corrected chi connectivity index (χ3v) is 3.06. The van der Waals surface area contributed by atoms with Gasteiger partial charge in [0, 0.05) is 16.7 Å². The summed E-state index contributed by atoms with van der Waals surface area (Å²) in [5.41, 5.74) is 2.01. The Balaban J connectivity index is 2.37. The molecule has 4 nitrogen and oxygen atoms in total. The molecule has 0 fully saturated rings. The van der Waals surface area contributed by atoms with Gasteiger partial charge in [-0.05, 0) is 30.7 Å². The molecule has 2 N–H and O–H groups in total. The van der Waals surface area contributed by atoms with E-state index in [1.807, 2.05) is 31.2 Å². The number of carbonyl (C=O) groups is 1. The molecule has 1 aromatic rings. The lowest BCUT2D eigenvalue weighted by Crippen LogP contribution is -2.30. The van der Waals surface area contributed by atoms with Gasteiger partial charge in [-0.2, -0.15) is 5.26 Å². The fraction of sp³-hybridized carbons (Fsp3) is 0.333. The SMILES string of the molecule is Cc1cc(NCC(=O)NCCC#N)ccc1Br. The molecule has 0 aliphatic heterocycles. The van der Waals surface area contributed by atoms with Crippen molar-refractivity contribution in [3.8, 4) is 6.07 Å². The lowest BCUT2D eigenvalue weighted by Gasteiger charge is -2.08. The van der Waals surface area contributed by atoms with Gasteiger partial charge in [0.1, 0.15) is 0 Å². The summed E-state index contributed by atoms with van der Waals surface area (Å²) in [6.07, 6.45) is 0.336. The molecule has 0 spiro atoms. The second kappa shape index (κ2) is 6.92. The molecule has 0 saturated carbocycles. The molecule has 1 rings (SSSR count). The number of anilines is 1. The average molecular weight is 296 g/mol. The standard InChI is InChI=1S/C12H14BrN3O/c1-9-7-10(3-4-11(9)13)16-8-12(17)15-6-2-5-14/h3-4,7,16H,2,6,8H2,1H3,(H,15,17). The van der Waals surface area contributed by atoms with Gasteiger partial charge >= 0.3 is 0 Å². The molecule has 0 saturated heterocycles. The first-order valence-corrected chi connectivity index (χ1v) is 6.06. The minimum atomic E-state index is -0.110. The minimum Gasteiger partial charge on any atom is -0.376 e. The molecule has 0 heterocycles. The second-order valence-corrected chi connectivity index (χ2v) is 4.43. The molecule has 17 heavy (non-hydrogen) atoms. The Hall–Kier alpha value is -1.54. The first-order valence-electron chi connectivity index (χ1n) is 5.27. The molecule has 0 bridgehead atoms. The molecule has 90 valence electrons. The van der Waals surface area contributed by atoms with Gasteiger partial charge < -0.3 is 10.6 Å². The van der Waals surface area contributed by atoms with Crippen LogP contribution in [0.3, 0.4) is 0 Å². The highest BCUT2D eigenvalue weighted by molar-refractivity contribution is 9.10. The van der Waals surface area contributed by atoms with Gasteiger partial charge in [0.2, 0.25) is 5.91 Å². The predicted molar refractivity (Wildman–Crippen MR) is 70.6 cm³/mol. The Morgan fingerprint density at radius 2 is 2.29 bits per heavy atom. The lowest BCUT2D eigenvalue weighted by atomic mass is 10.2. The van der Waals surface area contributed by atoms with E-state index in [1.165, 1.54) is 0 Å². The zero-order valence-corrected chi connectivity index (χ0v) is 11.2. The Labute approximate surface area is 109 Å². The van der Waals surface area contributed by atoms with E-state index in [0.29, 0.717) is 13.0 Å². The highest BCUT2D eigenvalue weighted by atomic mass is 79.9. The van der Waals surface area contributed by atoms with Crippen LogP contribution in [0.2, 0.25) is 0 Å². The van der Waals surface area contributed by atoms with Crippen LogP contribution in [0.1, 0.15) is 12.0 Å². The van der Waals surface area contributed by atoms with E-state index in [9.17, 15) is 4.79 Å². The maximum atomic E-state index is 11.4. The van der Waals surface area contributed by atoms with Crippen LogP contribution in [-0.4, -0.2) is 19.0 Å². The molecule has 0 radical (unpaired) electrons. The fourth-order valence-electron chi connectivity index (χ4n) is 1.26. The summed E-state index contributed by atoms with van der Waals surface area (Å²) in [5.74, 6) is -0.110. The normalized spacial score (nSPS) is 9.47. The summed E-state index contributed by atoms with van der Waals surface area (Å²) in [5, 5.41) is 14.0. The lowest BCUT2D eigenvalue weighted by molar-refractivity contribution is -0.119. The number of nitriles is 1. The highest BCUT2D eigenvalue weighted by Crippen LogP contribution is 2.19. The molecule has 5 heteroatoms. The summed E-state index contributed by atoms with van der Waals surface area (Å²) in [7, 11) is 0. The van der Waals surface area contributed by atoms with Crippen molar-refractivity contribution in [3.05, 3.63) is 28.2 Å². The van der Waals surface area contributed by atoms with Crippen molar-refractivity contribution >= 4 is 27.5 Å². The summed E-state index contributed by atoms with van der Waals surface area (Å²) < 4.78 is 1.04. The molecular weight excluding hydrogens is 282 g/mol. The average Bonchev–Trinajstić information content (AvgIpc) is 2.31. The quantitative estimate of drug-likeness (QED) is 0.819. The zero-order valence-electron chi connectivity index (χ0n) is 9.59. The minimum absolute atomic E-state index is 0.110. The molecule has 0 aliphatic carbocycles. The number of halogens is 1. The molecular formula is C12H14BrN3O. The number of nitrogens with zero attached hydrogens (tertiary/aromatic N) is 1. The summed E-state index contributed by atoms with van der Waals surface area (Å²) in [6, 6.07) is 7.77. The van der Waals surface area contributed by atoms with Gasteiger partial charge in [-0.15, -0.1) is 0 Å². The van der Waals surface area contributed by atoms with Crippen molar-refractivity contribution < 1.29 is 4.79 Å². The van der Waals surface area contributed by atoms with Gasteiger partial charge in [0.05, 0.1) is 19.0 Å². The summed E-state index contributed by atoms with van der Waals surface area (Å²) >= 11 is 3.41. The number of benzene rings is 1. The Morgan fingerprint density at radius 3 is 2.94 bits per heavy atom. The number of aryl methyl sites for hydroxylation is 1. The maximum Gasteiger partial charge on any atom is 0.239 e. The van der Waals surface area contributed by atoms with Crippen molar-refractivity contribution in [1.29, 1.82) is 5.26 Å². The monoisotopic (exact) mass is 295 g/mol. The number of amides is 1. The van der Waals surface area contributed by atoms with Crippen LogP contribution in [0.25, 0.3) is 0 Å². The van der Waals surface area contributed by atoms with E-state index < -0.39 is 0 Å². The van der Waals surface area contributed by atoms with E-state index in [4.69, 9.17) is 5.26 Å². The van der Waals surface area contributed by atoms with Gasteiger partial charge in [-0.25, -0.2) is 0 Å². The fourth-order valence-corrected chi connectivity index (χ4v) is 1.50. The van der Waals surface area contributed by atoms with Gasteiger partial charge in [-0.1, -0.05) is 15.9 Å². The van der Waals surface area contributed by atoms with E-state index in [1.54, 1.807) is 0 Å². The topological polar surface area (TPSA) is 64.9 Å². The number of nitrogens with one attached hydrogen (secondary N) is 2. The van der Waals surface area contributed by atoms with Crippen LogP contribution >= 0.6 is 15.9 Å². The van der Waals surface area contributed by atoms with Crippen molar-refractivity contribution in [3.63, 3.8) is 0 Å². The van der Waals surface area contributed by atoms with Crippen LogP contribution in [0, 0.1) is 18.3 Å². The maximum absolute atomic E-state index is 11.4. The van der Waals surface area contributed by atoms with E-state index in [0.717, 1.165) is 15.7 Å². The predicted octanol–water partition coefficient (Wildman–Crippen LogP) is 2.20. The Morgan fingerprint density at radius 1 is 1.53 bits per heavy atom. The zero-order chi connectivity index (χ0) is 12.7. The third kappa shape index (κ3) is 4.87. The van der Waals surface area contributed by atoms with Gasteiger partial charge in [0.15, 0.2) is 0 Å². The number of hydrogen-bond donors (Lipinski definition) is 2. The highest BCUT2D eigenvalue weighted by Gasteiger charge is 2.01. The first kappa shape index (κ1) is 13.5. The van der Waals surface area contributed by atoms with E-state index in [-0.39, 0.29) is 12.5 Å². The number of hydrogen-bond acceptors (Lipinski definition) is 3. The third-order valence-electron chi connectivity index (χ3n) is 2.17. The van der Waals surface area contributed by atoms with Crippen LogP contribution < -0.4 is 10.6 Å². The van der Waals surface area contributed by atoms with Crippen LogP contribution in [-0.2, 0) is 4.79 Å². The Kier molecular flexibility index (Phi) is 5.50.